The lowest BCUT2D eigenvalue weighted by atomic mass is 10.0. The average Bonchev–Trinajstić information content (AvgIpc) is 3.10. The molecule has 0 saturated carbocycles. The molecule has 6 heteroatoms. The molecule has 298 valence electrons. The van der Waals surface area contributed by atoms with Gasteiger partial charge in [0.2, 0.25) is 0 Å². The average molecular weight is 710 g/mol. The molecule has 0 rings (SSSR count). The molecule has 2 unspecified atom stereocenters. The molecule has 0 radical (unpaired) electrons. The van der Waals surface area contributed by atoms with Crippen LogP contribution < -0.4 is 0 Å². The SMILES string of the molecule is CCCCCCCCCC(CCCCCCCC)OC(=O)CCCCCCCN(CCO)CCCCCC(=O)OC(C)CCCCCCCC. The summed E-state index contributed by atoms with van der Waals surface area (Å²) in [4.78, 5) is 27.3. The highest BCUT2D eigenvalue weighted by Gasteiger charge is 2.15. The molecule has 0 aliphatic carbocycles. The number of esters is 2. The van der Waals surface area contributed by atoms with Gasteiger partial charge in [-0.05, 0) is 84.2 Å². The maximum Gasteiger partial charge on any atom is 0.306 e. The maximum absolute atomic E-state index is 12.7. The summed E-state index contributed by atoms with van der Waals surface area (Å²) >= 11 is 0. The topological polar surface area (TPSA) is 76.1 Å². The van der Waals surface area contributed by atoms with E-state index in [9.17, 15) is 14.7 Å². The Morgan fingerprint density at radius 1 is 0.460 bits per heavy atom. The summed E-state index contributed by atoms with van der Waals surface area (Å²) in [6, 6.07) is 0. The van der Waals surface area contributed by atoms with Crippen molar-refractivity contribution < 1.29 is 24.2 Å². The largest absolute Gasteiger partial charge is 0.463 e. The number of unbranched alkanes of at least 4 members (excludes halogenated alkanes) is 22. The van der Waals surface area contributed by atoms with Gasteiger partial charge >= 0.3 is 11.9 Å². The van der Waals surface area contributed by atoms with Crippen molar-refractivity contribution in [3.63, 3.8) is 0 Å². The first-order chi connectivity index (χ1) is 24.5. The van der Waals surface area contributed by atoms with E-state index >= 15 is 0 Å². The smallest absolute Gasteiger partial charge is 0.306 e. The van der Waals surface area contributed by atoms with Crippen LogP contribution in [0.1, 0.15) is 233 Å². The molecule has 0 aromatic rings. The van der Waals surface area contributed by atoms with Gasteiger partial charge in [-0.25, -0.2) is 0 Å². The highest BCUT2D eigenvalue weighted by molar-refractivity contribution is 5.69. The highest BCUT2D eigenvalue weighted by atomic mass is 16.5. The molecule has 0 amide bonds. The van der Waals surface area contributed by atoms with Crippen molar-refractivity contribution in [1.29, 1.82) is 0 Å². The van der Waals surface area contributed by atoms with Crippen LogP contribution in [0.15, 0.2) is 0 Å². The van der Waals surface area contributed by atoms with Crippen LogP contribution in [0.5, 0.6) is 0 Å². The van der Waals surface area contributed by atoms with Gasteiger partial charge in [0.1, 0.15) is 6.10 Å². The Hall–Kier alpha value is -1.14. The lowest BCUT2D eigenvalue weighted by Crippen LogP contribution is -2.29. The fraction of sp³-hybridized carbons (Fsp3) is 0.955. The van der Waals surface area contributed by atoms with E-state index < -0.39 is 0 Å². The third kappa shape index (κ3) is 35.3. The molecule has 0 bridgehead atoms. The molecule has 0 aromatic heterocycles. The van der Waals surface area contributed by atoms with Gasteiger partial charge in [-0.3, -0.25) is 9.59 Å². The zero-order valence-corrected chi connectivity index (χ0v) is 34.1. The third-order valence-electron chi connectivity index (χ3n) is 10.2. The first-order valence-electron chi connectivity index (χ1n) is 22.2. The predicted molar refractivity (Wildman–Crippen MR) is 214 cm³/mol. The Bertz CT molecular complexity index is 717. The number of hydrogen-bond acceptors (Lipinski definition) is 6. The molecule has 6 nitrogen and oxygen atoms in total. The second-order valence-electron chi connectivity index (χ2n) is 15.3. The van der Waals surface area contributed by atoms with E-state index in [1.54, 1.807) is 0 Å². The van der Waals surface area contributed by atoms with Crippen LogP contribution in [0.4, 0.5) is 0 Å². The van der Waals surface area contributed by atoms with Crippen molar-refractivity contribution in [2.75, 3.05) is 26.2 Å². The van der Waals surface area contributed by atoms with Gasteiger partial charge in [0.15, 0.2) is 0 Å². The van der Waals surface area contributed by atoms with Crippen LogP contribution in [0.2, 0.25) is 0 Å². The molecule has 0 spiro atoms. The van der Waals surface area contributed by atoms with Gasteiger partial charge in [0, 0.05) is 19.4 Å². The molecule has 0 fully saturated rings. The molecule has 0 aliphatic rings. The van der Waals surface area contributed by atoms with Crippen LogP contribution in [0.3, 0.4) is 0 Å². The molecule has 0 aromatic carbocycles. The minimum absolute atomic E-state index is 0.00832. The Morgan fingerprint density at radius 3 is 1.28 bits per heavy atom. The molecule has 50 heavy (non-hydrogen) atoms. The third-order valence-corrected chi connectivity index (χ3v) is 10.2. The van der Waals surface area contributed by atoms with Crippen molar-refractivity contribution in [3.05, 3.63) is 0 Å². The fourth-order valence-electron chi connectivity index (χ4n) is 6.94. The predicted octanol–water partition coefficient (Wildman–Crippen LogP) is 12.7. The van der Waals surface area contributed by atoms with E-state index in [1.807, 2.05) is 6.92 Å². The van der Waals surface area contributed by atoms with E-state index in [1.165, 1.54) is 116 Å². The number of carbonyl (C=O) groups is 2. The number of nitrogens with zero attached hydrogens (tertiary/aromatic N) is 1. The summed E-state index contributed by atoms with van der Waals surface area (Å²) in [5, 5.41) is 9.54. The van der Waals surface area contributed by atoms with Gasteiger partial charge < -0.3 is 19.5 Å². The molecule has 0 aliphatic heterocycles. The number of aliphatic hydroxyl groups is 1. The van der Waals surface area contributed by atoms with E-state index in [0.717, 1.165) is 90.1 Å². The van der Waals surface area contributed by atoms with Crippen LogP contribution >= 0.6 is 0 Å². The van der Waals surface area contributed by atoms with Crippen LogP contribution in [-0.2, 0) is 19.1 Å². The lowest BCUT2D eigenvalue weighted by molar-refractivity contribution is -0.150. The standard InChI is InChI=1S/C44H87NO5/c1-5-8-11-14-17-21-27-34-42(33-26-20-16-13-10-7-3)50-44(48)36-28-22-18-23-30-37-45(39-40-46)38-31-24-29-35-43(47)49-41(4)32-25-19-15-12-9-6-2/h41-42,46H,5-40H2,1-4H3. The molecule has 0 heterocycles. The van der Waals surface area contributed by atoms with Crippen molar-refractivity contribution in [3.8, 4) is 0 Å². The Morgan fingerprint density at radius 2 is 0.820 bits per heavy atom. The Balaban J connectivity index is 4.07. The Kier molecular flexibility index (Phi) is 38.2. The van der Waals surface area contributed by atoms with Crippen LogP contribution in [-0.4, -0.2) is 60.4 Å². The highest BCUT2D eigenvalue weighted by Crippen LogP contribution is 2.19. The summed E-state index contributed by atoms with van der Waals surface area (Å²) in [5.74, 6) is -0.0468. The van der Waals surface area contributed by atoms with E-state index in [4.69, 9.17) is 9.47 Å². The molecular formula is C44H87NO5. The quantitative estimate of drug-likeness (QED) is 0.0504. The number of rotatable bonds is 40. The second-order valence-corrected chi connectivity index (χ2v) is 15.3. The molecule has 0 saturated heterocycles. The van der Waals surface area contributed by atoms with E-state index in [2.05, 4.69) is 25.7 Å². The van der Waals surface area contributed by atoms with Gasteiger partial charge in [0.05, 0.1) is 12.7 Å². The zero-order chi connectivity index (χ0) is 36.8. The van der Waals surface area contributed by atoms with Crippen molar-refractivity contribution in [1.82, 2.24) is 4.90 Å². The van der Waals surface area contributed by atoms with Crippen molar-refractivity contribution in [2.24, 2.45) is 0 Å². The summed E-state index contributed by atoms with van der Waals surface area (Å²) < 4.78 is 11.6. The first kappa shape index (κ1) is 48.9. The summed E-state index contributed by atoms with van der Waals surface area (Å²) in [7, 11) is 0. The number of ether oxygens (including phenoxy) is 2. The number of carbonyl (C=O) groups excluding carboxylic acids is 2. The lowest BCUT2D eigenvalue weighted by Gasteiger charge is -2.21. The monoisotopic (exact) mass is 710 g/mol. The fourth-order valence-corrected chi connectivity index (χ4v) is 6.94. The molecular weight excluding hydrogens is 622 g/mol. The number of hydrogen-bond donors (Lipinski definition) is 1. The number of aliphatic hydroxyl groups excluding tert-OH is 1. The summed E-state index contributed by atoms with van der Waals surface area (Å²) in [5.41, 5.74) is 0. The van der Waals surface area contributed by atoms with Crippen molar-refractivity contribution in [2.45, 2.75) is 245 Å². The molecule has 2 atom stereocenters. The minimum atomic E-state index is -0.0551. The van der Waals surface area contributed by atoms with Gasteiger partial charge in [0.25, 0.3) is 0 Å². The first-order valence-corrected chi connectivity index (χ1v) is 22.2. The summed E-state index contributed by atoms with van der Waals surface area (Å²) in [6.07, 6.45) is 36.9. The minimum Gasteiger partial charge on any atom is -0.463 e. The van der Waals surface area contributed by atoms with Gasteiger partial charge in [-0.15, -0.1) is 0 Å². The summed E-state index contributed by atoms with van der Waals surface area (Å²) in [6.45, 7) is 11.7. The van der Waals surface area contributed by atoms with Gasteiger partial charge in [-0.1, -0.05) is 149 Å². The van der Waals surface area contributed by atoms with Crippen LogP contribution in [0, 0.1) is 0 Å². The Labute approximate surface area is 312 Å². The normalized spacial score (nSPS) is 12.8. The molecule has 1 N–H and O–H groups in total. The van der Waals surface area contributed by atoms with E-state index in [0.29, 0.717) is 19.4 Å². The second kappa shape index (κ2) is 39.1. The van der Waals surface area contributed by atoms with Crippen LogP contribution in [0.25, 0.3) is 0 Å². The maximum atomic E-state index is 12.7. The van der Waals surface area contributed by atoms with E-state index in [-0.39, 0.29) is 30.8 Å². The zero-order valence-electron chi connectivity index (χ0n) is 34.1. The van der Waals surface area contributed by atoms with Gasteiger partial charge in [-0.2, -0.15) is 0 Å². The van der Waals surface area contributed by atoms with Crippen molar-refractivity contribution >= 4 is 11.9 Å².